The average molecular weight is 395 g/mol. The third-order valence-electron chi connectivity index (χ3n) is 4.90. The van der Waals surface area contributed by atoms with E-state index in [-0.39, 0.29) is 5.91 Å². The zero-order valence-corrected chi connectivity index (χ0v) is 16.5. The average Bonchev–Trinajstić information content (AvgIpc) is 3.36. The predicted octanol–water partition coefficient (Wildman–Crippen LogP) is 4.96. The van der Waals surface area contributed by atoms with Gasteiger partial charge in [0.1, 0.15) is 4.88 Å². The molecular weight excluding hydrogens is 376 g/mol. The molecule has 3 aromatic heterocycles. The molecule has 0 fully saturated rings. The highest BCUT2D eigenvalue weighted by atomic mass is 32.1. The molecule has 5 rings (SSSR count). The van der Waals surface area contributed by atoms with Gasteiger partial charge < -0.3 is 0 Å². The SMILES string of the molecule is Cc1c(C(=O)Nc2nc3c(s2)CCCC3)sc2nc(-c3ccccc3)cn12. The van der Waals surface area contributed by atoms with E-state index in [1.807, 2.05) is 47.9 Å². The van der Waals surface area contributed by atoms with Crippen molar-refractivity contribution in [3.8, 4) is 11.3 Å². The van der Waals surface area contributed by atoms with Crippen LogP contribution in [0.3, 0.4) is 0 Å². The molecule has 0 saturated carbocycles. The van der Waals surface area contributed by atoms with Crippen LogP contribution < -0.4 is 5.32 Å². The van der Waals surface area contributed by atoms with Gasteiger partial charge in [-0.3, -0.25) is 14.5 Å². The second-order valence-electron chi connectivity index (χ2n) is 6.71. The molecular formula is C20H18N4OS2. The zero-order valence-electron chi connectivity index (χ0n) is 14.9. The smallest absolute Gasteiger partial charge is 0.269 e. The van der Waals surface area contributed by atoms with Gasteiger partial charge in [-0.05, 0) is 32.6 Å². The first kappa shape index (κ1) is 16.6. The summed E-state index contributed by atoms with van der Waals surface area (Å²) in [5, 5.41) is 3.70. The normalized spacial score (nSPS) is 13.7. The van der Waals surface area contributed by atoms with Crippen molar-refractivity contribution in [3.05, 3.63) is 57.7 Å². The van der Waals surface area contributed by atoms with E-state index in [1.165, 1.54) is 29.1 Å². The van der Waals surface area contributed by atoms with Gasteiger partial charge in [-0.15, -0.1) is 11.3 Å². The summed E-state index contributed by atoms with van der Waals surface area (Å²) in [4.78, 5) is 24.9. The number of nitrogens with one attached hydrogen (secondary N) is 1. The summed E-state index contributed by atoms with van der Waals surface area (Å²) in [6.07, 6.45) is 6.50. The number of benzene rings is 1. The van der Waals surface area contributed by atoms with Crippen LogP contribution >= 0.6 is 22.7 Å². The van der Waals surface area contributed by atoms with Crippen LogP contribution in [0.5, 0.6) is 0 Å². The van der Waals surface area contributed by atoms with E-state index in [0.717, 1.165) is 40.4 Å². The van der Waals surface area contributed by atoms with E-state index in [1.54, 1.807) is 11.3 Å². The summed E-state index contributed by atoms with van der Waals surface area (Å²) in [7, 11) is 0. The van der Waals surface area contributed by atoms with Crippen LogP contribution in [-0.4, -0.2) is 20.3 Å². The summed E-state index contributed by atoms with van der Waals surface area (Å²) < 4.78 is 1.99. The lowest BCUT2D eigenvalue weighted by molar-refractivity contribution is 0.102. The molecule has 7 heteroatoms. The van der Waals surface area contributed by atoms with Gasteiger partial charge in [0, 0.05) is 22.3 Å². The minimum absolute atomic E-state index is 0.102. The summed E-state index contributed by atoms with van der Waals surface area (Å²) >= 11 is 3.03. The first-order valence-corrected chi connectivity index (χ1v) is 10.7. The molecule has 0 spiro atoms. The zero-order chi connectivity index (χ0) is 18.4. The molecule has 1 aliphatic carbocycles. The summed E-state index contributed by atoms with van der Waals surface area (Å²) in [6, 6.07) is 10.1. The maximum absolute atomic E-state index is 12.8. The van der Waals surface area contributed by atoms with Gasteiger partial charge in [0.15, 0.2) is 10.1 Å². The largest absolute Gasteiger partial charge is 0.297 e. The van der Waals surface area contributed by atoms with Crippen LogP contribution in [-0.2, 0) is 12.8 Å². The van der Waals surface area contributed by atoms with Gasteiger partial charge in [-0.1, -0.05) is 41.7 Å². The Labute approximate surface area is 164 Å². The molecule has 136 valence electrons. The number of nitrogens with zero attached hydrogens (tertiary/aromatic N) is 3. The second kappa shape index (κ2) is 6.58. The molecule has 0 bridgehead atoms. The molecule has 5 nitrogen and oxygen atoms in total. The number of imidazole rings is 1. The number of carbonyl (C=O) groups excluding carboxylic acids is 1. The van der Waals surface area contributed by atoms with Crippen LogP contribution in [0.4, 0.5) is 5.13 Å². The van der Waals surface area contributed by atoms with Crippen LogP contribution in [0.15, 0.2) is 36.5 Å². The third kappa shape index (κ3) is 2.96. The van der Waals surface area contributed by atoms with Crippen molar-refractivity contribution >= 4 is 38.7 Å². The maximum atomic E-state index is 12.8. The number of thiazole rings is 2. The fourth-order valence-electron chi connectivity index (χ4n) is 3.47. The van der Waals surface area contributed by atoms with Crippen LogP contribution in [0, 0.1) is 6.92 Å². The molecule has 0 unspecified atom stereocenters. The summed E-state index contributed by atoms with van der Waals surface area (Å²) in [5.74, 6) is -0.102. The molecule has 27 heavy (non-hydrogen) atoms. The molecule has 4 aromatic rings. The molecule has 0 atom stereocenters. The highest BCUT2D eigenvalue weighted by Gasteiger charge is 2.21. The molecule has 1 amide bonds. The Morgan fingerprint density at radius 2 is 1.93 bits per heavy atom. The molecule has 3 heterocycles. The highest BCUT2D eigenvalue weighted by Crippen LogP contribution is 2.31. The van der Waals surface area contributed by atoms with Gasteiger partial charge in [0.05, 0.1) is 11.4 Å². The number of amides is 1. The highest BCUT2D eigenvalue weighted by molar-refractivity contribution is 7.19. The topological polar surface area (TPSA) is 59.3 Å². The van der Waals surface area contributed by atoms with Crippen LogP contribution in [0.1, 0.15) is 38.8 Å². The quantitative estimate of drug-likeness (QED) is 0.534. The van der Waals surface area contributed by atoms with Crippen molar-refractivity contribution in [3.63, 3.8) is 0 Å². The fourth-order valence-corrected chi connectivity index (χ4v) is 5.52. The number of rotatable bonds is 3. The third-order valence-corrected chi connectivity index (χ3v) is 7.13. The van der Waals surface area contributed by atoms with Gasteiger partial charge >= 0.3 is 0 Å². The first-order chi connectivity index (χ1) is 13.2. The number of aryl methyl sites for hydroxylation is 3. The lowest BCUT2D eigenvalue weighted by Crippen LogP contribution is -2.11. The van der Waals surface area contributed by atoms with E-state index >= 15 is 0 Å². The minimum atomic E-state index is -0.102. The summed E-state index contributed by atoms with van der Waals surface area (Å²) in [6.45, 7) is 1.96. The Morgan fingerprint density at radius 1 is 1.11 bits per heavy atom. The maximum Gasteiger partial charge on any atom is 0.269 e. The Balaban J connectivity index is 1.42. The van der Waals surface area contributed by atoms with E-state index in [2.05, 4.69) is 10.3 Å². The van der Waals surface area contributed by atoms with E-state index in [9.17, 15) is 4.79 Å². The Bertz CT molecular complexity index is 1120. The number of carbonyl (C=O) groups is 1. The van der Waals surface area contributed by atoms with Crippen LogP contribution in [0.2, 0.25) is 0 Å². The Morgan fingerprint density at radius 3 is 2.70 bits per heavy atom. The van der Waals surface area contributed by atoms with Gasteiger partial charge in [0.2, 0.25) is 0 Å². The van der Waals surface area contributed by atoms with Crippen molar-refractivity contribution in [2.45, 2.75) is 32.6 Å². The van der Waals surface area contributed by atoms with Crippen molar-refractivity contribution in [1.29, 1.82) is 0 Å². The van der Waals surface area contributed by atoms with E-state index < -0.39 is 0 Å². The van der Waals surface area contributed by atoms with Crippen LogP contribution in [0.25, 0.3) is 16.2 Å². The molecule has 0 radical (unpaired) electrons. The fraction of sp³-hybridized carbons (Fsp3) is 0.250. The van der Waals surface area contributed by atoms with E-state index in [4.69, 9.17) is 4.98 Å². The number of anilines is 1. The predicted molar refractivity (Wildman–Crippen MR) is 110 cm³/mol. The minimum Gasteiger partial charge on any atom is -0.297 e. The molecule has 1 N–H and O–H groups in total. The van der Waals surface area contributed by atoms with Gasteiger partial charge in [0.25, 0.3) is 5.91 Å². The number of aromatic nitrogens is 3. The molecule has 1 aliphatic rings. The van der Waals surface area contributed by atoms with Crippen molar-refractivity contribution in [1.82, 2.24) is 14.4 Å². The van der Waals surface area contributed by atoms with E-state index in [0.29, 0.717) is 10.0 Å². The molecule has 0 saturated heterocycles. The number of fused-ring (bicyclic) bond motifs is 2. The summed E-state index contributed by atoms with van der Waals surface area (Å²) in [5.41, 5.74) is 4.06. The molecule has 1 aromatic carbocycles. The van der Waals surface area contributed by atoms with Crippen molar-refractivity contribution < 1.29 is 4.79 Å². The monoisotopic (exact) mass is 394 g/mol. The Kier molecular flexibility index (Phi) is 4.06. The van der Waals surface area contributed by atoms with Crippen molar-refractivity contribution in [2.24, 2.45) is 0 Å². The molecule has 0 aliphatic heterocycles. The number of hydrogen-bond donors (Lipinski definition) is 1. The standard InChI is InChI=1S/C20H18N4OS2/c1-12-17(18(25)23-19-21-14-9-5-6-10-16(14)26-19)27-20-22-15(11-24(12)20)13-7-3-2-4-8-13/h2-4,7-8,11H,5-6,9-10H2,1H3,(H,21,23,25). The second-order valence-corrected chi connectivity index (χ2v) is 8.77. The number of hydrogen-bond acceptors (Lipinski definition) is 5. The van der Waals surface area contributed by atoms with Crippen molar-refractivity contribution in [2.75, 3.05) is 5.32 Å². The lowest BCUT2D eigenvalue weighted by Gasteiger charge is -2.06. The first-order valence-electron chi connectivity index (χ1n) is 9.03. The van der Waals surface area contributed by atoms with Gasteiger partial charge in [-0.25, -0.2) is 9.97 Å². The van der Waals surface area contributed by atoms with Gasteiger partial charge in [-0.2, -0.15) is 0 Å². The lowest BCUT2D eigenvalue weighted by atomic mass is 10.0. The Hall–Kier alpha value is -2.51.